The first-order valence-corrected chi connectivity index (χ1v) is 12.3. The van der Waals surface area contributed by atoms with Gasteiger partial charge >= 0.3 is 6.09 Å². The number of carbonyl (C=O) groups is 1. The first kappa shape index (κ1) is 24.0. The summed E-state index contributed by atoms with van der Waals surface area (Å²) in [6.45, 7) is 7.99. The summed E-state index contributed by atoms with van der Waals surface area (Å²) in [6.07, 6.45) is 2.56. The summed E-state index contributed by atoms with van der Waals surface area (Å²) in [5.41, 5.74) is 3.06. The van der Waals surface area contributed by atoms with Crippen LogP contribution in [0.5, 0.6) is 0 Å². The maximum atomic E-state index is 13.3. The van der Waals surface area contributed by atoms with E-state index in [0.29, 0.717) is 19.4 Å². The largest absolute Gasteiger partial charge is 0.438 e. The minimum atomic E-state index is -0.978. The summed E-state index contributed by atoms with van der Waals surface area (Å²) in [5, 5.41) is 18.9. The Kier molecular flexibility index (Phi) is 6.04. The van der Waals surface area contributed by atoms with Gasteiger partial charge in [-0.15, -0.1) is 10.2 Å². The lowest BCUT2D eigenvalue weighted by Crippen LogP contribution is -2.51. The van der Waals surface area contributed by atoms with Crippen molar-refractivity contribution in [2.75, 3.05) is 6.54 Å². The Hall–Kier alpha value is -3.71. The predicted octanol–water partition coefficient (Wildman–Crippen LogP) is 5.66. The maximum absolute atomic E-state index is 13.3. The fraction of sp³-hybridized carbons (Fsp3) is 0.345. The molecule has 1 fully saturated rings. The van der Waals surface area contributed by atoms with Crippen LogP contribution in [-0.2, 0) is 10.3 Å². The molecule has 5 rings (SSSR count). The zero-order chi connectivity index (χ0) is 25.5. The average Bonchev–Trinajstić information content (AvgIpc) is 3.23. The van der Waals surface area contributed by atoms with E-state index in [4.69, 9.17) is 4.74 Å². The van der Waals surface area contributed by atoms with Gasteiger partial charge in [-0.3, -0.25) is 4.40 Å². The second kappa shape index (κ2) is 9.06. The highest BCUT2D eigenvalue weighted by Crippen LogP contribution is 2.42. The predicted molar refractivity (Wildman–Crippen MR) is 138 cm³/mol. The van der Waals surface area contributed by atoms with Gasteiger partial charge in [-0.25, -0.2) is 4.79 Å². The molecule has 0 unspecified atom stereocenters. The molecule has 1 saturated heterocycles. The van der Waals surface area contributed by atoms with E-state index < -0.39 is 11.2 Å². The van der Waals surface area contributed by atoms with Crippen molar-refractivity contribution in [3.63, 3.8) is 0 Å². The van der Waals surface area contributed by atoms with Crippen molar-refractivity contribution in [2.24, 2.45) is 0 Å². The average molecular weight is 485 g/mol. The smallest absolute Gasteiger partial charge is 0.411 e. The molecule has 7 heteroatoms. The number of hydrogen-bond donors (Lipinski definition) is 1. The standard InChI is InChI=1S/C29H32N4O3/c1-20(22-10-12-23(13-11-22)24-14-16-33-21(2)30-31-26(33)18-24)32-17-15-29(36-27(32)34,19-28(3,4)35)25-8-6-5-7-9-25/h5-14,16,18,20,35H,15,17,19H2,1-4H3/t20-,29-/m0/s1. The van der Waals surface area contributed by atoms with Gasteiger partial charge in [-0.2, -0.15) is 0 Å². The first-order valence-electron chi connectivity index (χ1n) is 12.3. The molecule has 1 amide bonds. The third kappa shape index (κ3) is 4.58. The molecule has 3 heterocycles. The zero-order valence-electron chi connectivity index (χ0n) is 21.2. The van der Waals surface area contributed by atoms with Gasteiger partial charge in [-0.05, 0) is 62.1 Å². The molecule has 4 aromatic rings. The molecule has 0 radical (unpaired) electrons. The van der Waals surface area contributed by atoms with E-state index in [1.54, 1.807) is 18.7 Å². The molecule has 186 valence electrons. The maximum Gasteiger partial charge on any atom is 0.411 e. The van der Waals surface area contributed by atoms with E-state index in [-0.39, 0.29) is 12.1 Å². The molecular weight excluding hydrogens is 452 g/mol. The molecule has 0 spiro atoms. The van der Waals surface area contributed by atoms with Gasteiger partial charge in [0, 0.05) is 25.6 Å². The van der Waals surface area contributed by atoms with Crippen LogP contribution in [0.1, 0.15) is 56.6 Å². The number of ether oxygens (including phenoxy) is 1. The van der Waals surface area contributed by atoms with Crippen LogP contribution in [0.4, 0.5) is 4.79 Å². The normalized spacial score (nSPS) is 19.4. The van der Waals surface area contributed by atoms with Crippen molar-refractivity contribution in [3.8, 4) is 11.1 Å². The van der Waals surface area contributed by atoms with Crippen molar-refractivity contribution in [2.45, 2.75) is 57.8 Å². The fourth-order valence-electron chi connectivity index (χ4n) is 5.22. The third-order valence-electron chi connectivity index (χ3n) is 7.07. The number of hydrogen-bond acceptors (Lipinski definition) is 5. The van der Waals surface area contributed by atoms with Crippen LogP contribution < -0.4 is 0 Å². The number of benzene rings is 2. The van der Waals surface area contributed by atoms with Gasteiger partial charge in [0.15, 0.2) is 5.65 Å². The van der Waals surface area contributed by atoms with Gasteiger partial charge in [0.25, 0.3) is 0 Å². The number of fused-ring (bicyclic) bond motifs is 1. The number of pyridine rings is 1. The Bertz CT molecular complexity index is 1380. The van der Waals surface area contributed by atoms with Gasteiger partial charge in [-0.1, -0.05) is 54.6 Å². The highest BCUT2D eigenvalue weighted by Gasteiger charge is 2.46. The number of rotatable bonds is 6. The molecule has 0 bridgehead atoms. The number of carbonyl (C=O) groups excluding carboxylic acids is 1. The zero-order valence-corrected chi connectivity index (χ0v) is 21.2. The number of aryl methyl sites for hydroxylation is 1. The van der Waals surface area contributed by atoms with Crippen LogP contribution >= 0.6 is 0 Å². The summed E-state index contributed by atoms with van der Waals surface area (Å²) in [4.78, 5) is 15.1. The molecular formula is C29H32N4O3. The Morgan fingerprint density at radius 3 is 2.44 bits per heavy atom. The molecule has 7 nitrogen and oxygen atoms in total. The van der Waals surface area contributed by atoms with Crippen LogP contribution in [0.15, 0.2) is 72.9 Å². The van der Waals surface area contributed by atoms with Crippen LogP contribution in [0, 0.1) is 6.92 Å². The summed E-state index contributed by atoms with van der Waals surface area (Å²) >= 11 is 0. The molecule has 0 saturated carbocycles. The SMILES string of the molecule is Cc1nnc2cc(-c3ccc([C@H](C)N4CC[C@](CC(C)(C)O)(c5ccccc5)OC4=O)cc3)ccn12. The fourth-order valence-corrected chi connectivity index (χ4v) is 5.22. The van der Waals surface area contributed by atoms with Crippen LogP contribution in [0.3, 0.4) is 0 Å². The molecule has 1 aliphatic rings. The molecule has 36 heavy (non-hydrogen) atoms. The van der Waals surface area contributed by atoms with Crippen molar-refractivity contribution >= 4 is 11.7 Å². The van der Waals surface area contributed by atoms with E-state index in [1.807, 2.05) is 60.8 Å². The topological polar surface area (TPSA) is 80.0 Å². The van der Waals surface area contributed by atoms with Gasteiger partial charge < -0.3 is 14.7 Å². The van der Waals surface area contributed by atoms with Crippen molar-refractivity contribution < 1.29 is 14.6 Å². The molecule has 2 aromatic heterocycles. The van der Waals surface area contributed by atoms with E-state index in [1.165, 1.54) is 0 Å². The van der Waals surface area contributed by atoms with E-state index in [2.05, 4.69) is 40.5 Å². The van der Waals surface area contributed by atoms with Gasteiger partial charge in [0.05, 0.1) is 11.6 Å². The quantitative estimate of drug-likeness (QED) is 0.382. The number of aliphatic hydroxyl groups is 1. The van der Waals surface area contributed by atoms with Crippen LogP contribution in [0.25, 0.3) is 16.8 Å². The number of aromatic nitrogens is 3. The van der Waals surface area contributed by atoms with Crippen LogP contribution in [0.2, 0.25) is 0 Å². The molecule has 0 aliphatic carbocycles. The number of nitrogens with zero attached hydrogens (tertiary/aromatic N) is 4. The molecule has 2 atom stereocenters. The van der Waals surface area contributed by atoms with Gasteiger partial charge in [0.2, 0.25) is 0 Å². The highest BCUT2D eigenvalue weighted by molar-refractivity contribution is 5.71. The Balaban J connectivity index is 1.35. The second-order valence-electron chi connectivity index (χ2n) is 10.3. The minimum Gasteiger partial charge on any atom is -0.438 e. The Morgan fingerprint density at radius 1 is 1.06 bits per heavy atom. The second-order valence-corrected chi connectivity index (χ2v) is 10.3. The lowest BCUT2D eigenvalue weighted by atomic mass is 9.80. The van der Waals surface area contributed by atoms with Gasteiger partial charge in [0.1, 0.15) is 11.4 Å². The molecule has 2 aromatic carbocycles. The van der Waals surface area contributed by atoms with E-state index >= 15 is 0 Å². The number of amides is 1. The molecule has 1 aliphatic heterocycles. The van der Waals surface area contributed by atoms with Crippen molar-refractivity contribution in [3.05, 3.63) is 89.9 Å². The van der Waals surface area contributed by atoms with Crippen LogP contribution in [-0.4, -0.2) is 42.8 Å². The highest BCUT2D eigenvalue weighted by atomic mass is 16.6. The van der Waals surface area contributed by atoms with Crippen molar-refractivity contribution in [1.82, 2.24) is 19.5 Å². The number of cyclic esters (lactones) is 1. The summed E-state index contributed by atoms with van der Waals surface area (Å²) < 4.78 is 8.09. The summed E-state index contributed by atoms with van der Waals surface area (Å²) in [6, 6.07) is 21.9. The first-order chi connectivity index (χ1) is 17.2. The molecule has 1 N–H and O–H groups in total. The lowest BCUT2D eigenvalue weighted by Gasteiger charge is -2.45. The Morgan fingerprint density at radius 2 is 1.78 bits per heavy atom. The third-order valence-corrected chi connectivity index (χ3v) is 7.07. The summed E-state index contributed by atoms with van der Waals surface area (Å²) in [7, 11) is 0. The monoisotopic (exact) mass is 484 g/mol. The summed E-state index contributed by atoms with van der Waals surface area (Å²) in [5.74, 6) is 0.855. The lowest BCUT2D eigenvalue weighted by molar-refractivity contribution is -0.101. The van der Waals surface area contributed by atoms with E-state index in [0.717, 1.165) is 33.7 Å². The van der Waals surface area contributed by atoms with Crippen molar-refractivity contribution in [1.29, 1.82) is 0 Å². The van der Waals surface area contributed by atoms with E-state index in [9.17, 15) is 9.90 Å². The Labute approximate surface area is 211 Å². The minimum absolute atomic E-state index is 0.149.